The molecule has 0 amide bonds. The van der Waals surface area contributed by atoms with Gasteiger partial charge in [-0.2, -0.15) is 0 Å². The van der Waals surface area contributed by atoms with E-state index < -0.39 is 11.8 Å². The first-order valence-corrected chi connectivity index (χ1v) is 7.36. The zero-order valence-electron chi connectivity index (χ0n) is 13.8. The molecule has 4 heteroatoms. The third-order valence-corrected chi connectivity index (χ3v) is 3.58. The number of aryl methyl sites for hydroxylation is 4. The van der Waals surface area contributed by atoms with Gasteiger partial charge < -0.3 is 9.84 Å². The van der Waals surface area contributed by atoms with Gasteiger partial charge in [0.1, 0.15) is 12.4 Å². The first-order valence-electron chi connectivity index (χ1n) is 7.36. The summed E-state index contributed by atoms with van der Waals surface area (Å²) in [5, 5.41) is 8.81. The van der Waals surface area contributed by atoms with Crippen molar-refractivity contribution < 1.29 is 19.4 Å². The number of benzene rings is 2. The van der Waals surface area contributed by atoms with Crippen molar-refractivity contribution in [2.24, 2.45) is 0 Å². The minimum absolute atomic E-state index is 0.172. The zero-order valence-corrected chi connectivity index (χ0v) is 13.8. The first kappa shape index (κ1) is 16.7. The number of rotatable bonds is 5. The Morgan fingerprint density at radius 2 is 1.43 bits per heavy atom. The molecule has 1 N–H and O–H groups in total. The second kappa shape index (κ2) is 6.65. The lowest BCUT2D eigenvalue weighted by Crippen LogP contribution is -2.13. The topological polar surface area (TPSA) is 63.6 Å². The minimum Gasteiger partial charge on any atom is -0.488 e. The van der Waals surface area contributed by atoms with Gasteiger partial charge in [-0.1, -0.05) is 29.3 Å². The molecule has 120 valence electrons. The third-order valence-electron chi connectivity index (χ3n) is 3.58. The van der Waals surface area contributed by atoms with Crippen LogP contribution in [0.5, 0.6) is 5.75 Å². The summed E-state index contributed by atoms with van der Waals surface area (Å²) in [6.07, 6.45) is 0. The molecule has 0 aromatic heterocycles. The highest BCUT2D eigenvalue weighted by atomic mass is 16.5. The second-order valence-electron chi connectivity index (χ2n) is 5.86. The Morgan fingerprint density at radius 3 is 1.91 bits per heavy atom. The highest BCUT2D eigenvalue weighted by molar-refractivity contribution is 6.39. The van der Waals surface area contributed by atoms with Crippen LogP contribution in [0.15, 0.2) is 30.3 Å². The molecule has 0 saturated heterocycles. The van der Waals surface area contributed by atoms with Crippen molar-refractivity contribution in [1.29, 1.82) is 0 Å². The largest absolute Gasteiger partial charge is 0.488 e. The van der Waals surface area contributed by atoms with Crippen molar-refractivity contribution in [2.75, 3.05) is 0 Å². The van der Waals surface area contributed by atoms with Crippen LogP contribution in [0.3, 0.4) is 0 Å². The molecule has 0 fully saturated rings. The molecule has 2 aromatic carbocycles. The number of carbonyl (C=O) groups excluding carboxylic acids is 1. The van der Waals surface area contributed by atoms with E-state index in [1.165, 1.54) is 11.1 Å². The van der Waals surface area contributed by atoms with Crippen LogP contribution in [0.25, 0.3) is 0 Å². The van der Waals surface area contributed by atoms with Crippen LogP contribution >= 0.6 is 0 Å². The van der Waals surface area contributed by atoms with Crippen LogP contribution in [-0.2, 0) is 11.4 Å². The zero-order chi connectivity index (χ0) is 17.1. The minimum atomic E-state index is -1.45. The number of Topliss-reactive ketones (excluding diaryl/α,β-unsaturated/α-hetero) is 1. The van der Waals surface area contributed by atoms with Gasteiger partial charge >= 0.3 is 5.97 Å². The number of hydrogen-bond donors (Lipinski definition) is 1. The Hall–Kier alpha value is -2.62. The molecule has 0 radical (unpaired) electrons. The van der Waals surface area contributed by atoms with Gasteiger partial charge in [0.25, 0.3) is 5.78 Å². The monoisotopic (exact) mass is 312 g/mol. The van der Waals surface area contributed by atoms with Crippen molar-refractivity contribution in [2.45, 2.75) is 34.3 Å². The van der Waals surface area contributed by atoms with E-state index in [-0.39, 0.29) is 5.56 Å². The number of carboxylic acids is 1. The van der Waals surface area contributed by atoms with Gasteiger partial charge in [-0.05, 0) is 56.5 Å². The van der Waals surface area contributed by atoms with Crippen LogP contribution in [0.4, 0.5) is 0 Å². The van der Waals surface area contributed by atoms with Gasteiger partial charge in [-0.3, -0.25) is 4.79 Å². The molecule has 0 aliphatic rings. The molecular formula is C19H20O4. The standard InChI is InChI=1S/C19H20O4/c1-11-5-12(2)7-15(6-11)10-23-18-13(3)8-16(9-14(18)4)17(20)19(21)22/h5-9H,10H2,1-4H3,(H,21,22). The van der Waals surface area contributed by atoms with Gasteiger partial charge in [0, 0.05) is 5.56 Å². The van der Waals surface area contributed by atoms with Crippen molar-refractivity contribution in [3.8, 4) is 5.75 Å². The van der Waals surface area contributed by atoms with Crippen LogP contribution in [0.2, 0.25) is 0 Å². The van der Waals surface area contributed by atoms with Gasteiger partial charge in [0.15, 0.2) is 0 Å². The van der Waals surface area contributed by atoms with Crippen LogP contribution in [0, 0.1) is 27.7 Å². The molecular weight excluding hydrogens is 292 g/mol. The fourth-order valence-corrected chi connectivity index (χ4v) is 2.74. The number of ketones is 1. The molecule has 2 rings (SSSR count). The van der Waals surface area contributed by atoms with Gasteiger partial charge in [0.05, 0.1) is 0 Å². The third kappa shape index (κ3) is 3.97. The van der Waals surface area contributed by atoms with E-state index in [0.29, 0.717) is 12.4 Å². The Balaban J connectivity index is 2.23. The number of carboxylic acid groups (broad SMARTS) is 1. The summed E-state index contributed by atoms with van der Waals surface area (Å²) in [6, 6.07) is 9.35. The molecule has 0 saturated carbocycles. The fraction of sp³-hybridized carbons (Fsp3) is 0.263. The maximum atomic E-state index is 11.6. The smallest absolute Gasteiger partial charge is 0.377 e. The predicted octanol–water partition coefficient (Wildman–Crippen LogP) is 3.77. The summed E-state index contributed by atoms with van der Waals surface area (Å²) in [5.41, 5.74) is 5.11. The average molecular weight is 312 g/mol. The molecule has 0 spiro atoms. The van der Waals surface area contributed by atoms with E-state index in [4.69, 9.17) is 9.84 Å². The van der Waals surface area contributed by atoms with E-state index in [1.54, 1.807) is 12.1 Å². The maximum absolute atomic E-state index is 11.6. The predicted molar refractivity (Wildman–Crippen MR) is 88.1 cm³/mol. The Kier molecular flexibility index (Phi) is 4.84. The highest BCUT2D eigenvalue weighted by Crippen LogP contribution is 2.26. The molecule has 4 nitrogen and oxygen atoms in total. The van der Waals surface area contributed by atoms with Crippen LogP contribution in [0.1, 0.15) is 38.2 Å². The molecule has 0 atom stereocenters. The molecule has 0 aliphatic heterocycles. The molecule has 0 heterocycles. The summed E-state index contributed by atoms with van der Waals surface area (Å²) in [4.78, 5) is 22.4. The Morgan fingerprint density at radius 1 is 0.913 bits per heavy atom. The van der Waals surface area contributed by atoms with E-state index in [0.717, 1.165) is 16.7 Å². The van der Waals surface area contributed by atoms with Crippen LogP contribution < -0.4 is 4.74 Å². The van der Waals surface area contributed by atoms with E-state index in [9.17, 15) is 9.59 Å². The van der Waals surface area contributed by atoms with E-state index in [1.807, 2.05) is 27.7 Å². The molecule has 0 bridgehead atoms. The van der Waals surface area contributed by atoms with Crippen molar-refractivity contribution in [3.63, 3.8) is 0 Å². The van der Waals surface area contributed by atoms with Crippen molar-refractivity contribution >= 4 is 11.8 Å². The number of hydrogen-bond acceptors (Lipinski definition) is 3. The Labute approximate surface area is 135 Å². The van der Waals surface area contributed by atoms with E-state index >= 15 is 0 Å². The lowest BCUT2D eigenvalue weighted by Gasteiger charge is -2.14. The fourth-order valence-electron chi connectivity index (χ4n) is 2.74. The molecule has 2 aromatic rings. The Bertz CT molecular complexity index is 732. The number of carbonyl (C=O) groups is 2. The molecule has 0 unspecified atom stereocenters. The summed E-state index contributed by atoms with van der Waals surface area (Å²) in [5.74, 6) is -1.67. The van der Waals surface area contributed by atoms with Crippen molar-refractivity contribution in [3.05, 3.63) is 63.7 Å². The van der Waals surface area contributed by atoms with Crippen molar-refractivity contribution in [1.82, 2.24) is 0 Å². The highest BCUT2D eigenvalue weighted by Gasteiger charge is 2.17. The van der Waals surface area contributed by atoms with Crippen LogP contribution in [-0.4, -0.2) is 16.9 Å². The quantitative estimate of drug-likeness (QED) is 0.674. The average Bonchev–Trinajstić information content (AvgIpc) is 2.44. The second-order valence-corrected chi connectivity index (χ2v) is 5.86. The lowest BCUT2D eigenvalue weighted by atomic mass is 10.0. The summed E-state index contributed by atoms with van der Waals surface area (Å²) in [7, 11) is 0. The van der Waals surface area contributed by atoms with Gasteiger partial charge in [0.2, 0.25) is 0 Å². The summed E-state index contributed by atoms with van der Waals surface area (Å²) < 4.78 is 5.90. The lowest BCUT2D eigenvalue weighted by molar-refractivity contribution is -0.131. The van der Waals surface area contributed by atoms with Gasteiger partial charge in [-0.25, -0.2) is 4.79 Å². The normalized spacial score (nSPS) is 10.4. The maximum Gasteiger partial charge on any atom is 0.377 e. The first-order chi connectivity index (χ1) is 10.8. The molecule has 0 aliphatic carbocycles. The SMILES string of the molecule is Cc1cc(C)cc(COc2c(C)cc(C(=O)C(=O)O)cc2C)c1. The molecule has 23 heavy (non-hydrogen) atoms. The summed E-state index contributed by atoms with van der Waals surface area (Å²) in [6.45, 7) is 8.12. The van der Waals surface area contributed by atoms with E-state index in [2.05, 4.69) is 18.2 Å². The summed E-state index contributed by atoms with van der Waals surface area (Å²) >= 11 is 0. The number of ether oxygens (including phenoxy) is 1. The van der Waals surface area contributed by atoms with Gasteiger partial charge in [-0.15, -0.1) is 0 Å². The number of aliphatic carboxylic acids is 1.